The summed E-state index contributed by atoms with van der Waals surface area (Å²) in [5, 5.41) is 8.66. The quantitative estimate of drug-likeness (QED) is 0.473. The van der Waals surface area contributed by atoms with Crippen molar-refractivity contribution in [2.45, 2.75) is 12.1 Å². The lowest BCUT2D eigenvalue weighted by atomic mass is 10.2. The van der Waals surface area contributed by atoms with Crippen molar-refractivity contribution in [2.24, 2.45) is 0 Å². The zero-order valence-electron chi connectivity index (χ0n) is 13.6. The molecule has 0 aliphatic carbocycles. The highest BCUT2D eigenvalue weighted by Gasteiger charge is 2.09. The Morgan fingerprint density at radius 3 is 2.67 bits per heavy atom. The van der Waals surface area contributed by atoms with E-state index in [2.05, 4.69) is 17.1 Å². The molecular weight excluding hydrogens is 324 g/mol. The summed E-state index contributed by atoms with van der Waals surface area (Å²) in [5.41, 5.74) is 2.05. The van der Waals surface area contributed by atoms with E-state index in [9.17, 15) is 0 Å². The lowest BCUT2D eigenvalue weighted by Crippen LogP contribution is -1.99. The van der Waals surface area contributed by atoms with Gasteiger partial charge in [-0.2, -0.15) is 0 Å². The van der Waals surface area contributed by atoms with Crippen LogP contribution in [0.4, 0.5) is 0 Å². The van der Waals surface area contributed by atoms with E-state index in [1.54, 1.807) is 7.11 Å². The molecule has 6 heteroatoms. The zero-order valence-corrected chi connectivity index (χ0v) is 14.4. The van der Waals surface area contributed by atoms with Gasteiger partial charge in [0.05, 0.1) is 13.7 Å². The smallest absolute Gasteiger partial charge is 0.276 e. The number of hydrogen-bond acceptors (Lipinski definition) is 6. The average Bonchev–Trinajstić information content (AvgIpc) is 3.09. The average molecular weight is 342 g/mol. The van der Waals surface area contributed by atoms with Crippen LogP contribution in [0, 0.1) is 6.92 Å². The lowest BCUT2D eigenvalue weighted by molar-refractivity contribution is 0.343. The van der Waals surface area contributed by atoms with Crippen LogP contribution in [0.15, 0.2) is 58.2 Å². The molecule has 0 radical (unpaired) electrons. The van der Waals surface area contributed by atoms with Crippen LogP contribution in [0.2, 0.25) is 0 Å². The third-order valence-electron chi connectivity index (χ3n) is 3.32. The SMILES string of the molecule is COc1cccc(-c2nnc(SCCOc3ccc(C)cc3)o2)c1. The molecule has 0 fully saturated rings. The maximum atomic E-state index is 5.68. The second-order valence-corrected chi connectivity index (χ2v) is 6.16. The van der Waals surface area contributed by atoms with Gasteiger partial charge >= 0.3 is 0 Å². The van der Waals surface area contributed by atoms with Crippen LogP contribution >= 0.6 is 11.8 Å². The number of benzene rings is 2. The van der Waals surface area contributed by atoms with E-state index in [0.29, 0.717) is 17.7 Å². The van der Waals surface area contributed by atoms with Crippen LogP contribution in [-0.2, 0) is 0 Å². The van der Waals surface area contributed by atoms with Crippen molar-refractivity contribution in [2.75, 3.05) is 19.5 Å². The number of methoxy groups -OCH3 is 1. The molecule has 0 N–H and O–H groups in total. The van der Waals surface area contributed by atoms with Gasteiger partial charge in [-0.1, -0.05) is 35.5 Å². The zero-order chi connectivity index (χ0) is 16.8. The summed E-state index contributed by atoms with van der Waals surface area (Å²) in [4.78, 5) is 0. The summed E-state index contributed by atoms with van der Waals surface area (Å²) in [6, 6.07) is 15.5. The third kappa shape index (κ3) is 4.29. The fraction of sp³-hybridized carbons (Fsp3) is 0.222. The molecule has 1 aromatic heterocycles. The van der Waals surface area contributed by atoms with E-state index < -0.39 is 0 Å². The first-order chi connectivity index (χ1) is 11.7. The molecule has 0 saturated carbocycles. The highest BCUT2D eigenvalue weighted by molar-refractivity contribution is 7.99. The van der Waals surface area contributed by atoms with E-state index in [4.69, 9.17) is 13.9 Å². The Kier molecular flexibility index (Phi) is 5.38. The van der Waals surface area contributed by atoms with Crippen LogP contribution in [0.1, 0.15) is 5.56 Å². The van der Waals surface area contributed by atoms with Crippen LogP contribution in [-0.4, -0.2) is 29.7 Å². The molecule has 3 rings (SSSR count). The van der Waals surface area contributed by atoms with Gasteiger partial charge < -0.3 is 13.9 Å². The number of ether oxygens (including phenoxy) is 2. The van der Waals surface area contributed by atoms with E-state index in [1.807, 2.05) is 48.5 Å². The van der Waals surface area contributed by atoms with Gasteiger partial charge in [-0.05, 0) is 37.3 Å². The molecule has 3 aromatic rings. The predicted molar refractivity (Wildman–Crippen MR) is 93.7 cm³/mol. The molecule has 0 spiro atoms. The minimum absolute atomic E-state index is 0.482. The van der Waals surface area contributed by atoms with Gasteiger partial charge in [-0.25, -0.2) is 0 Å². The first-order valence-corrected chi connectivity index (χ1v) is 8.53. The fourth-order valence-corrected chi connectivity index (χ4v) is 2.64. The molecule has 24 heavy (non-hydrogen) atoms. The van der Waals surface area contributed by atoms with Crippen molar-refractivity contribution >= 4 is 11.8 Å². The molecule has 0 aliphatic heterocycles. The monoisotopic (exact) mass is 342 g/mol. The Balaban J connectivity index is 1.51. The Morgan fingerprint density at radius 1 is 1.04 bits per heavy atom. The van der Waals surface area contributed by atoms with Gasteiger partial charge in [0.15, 0.2) is 0 Å². The summed E-state index contributed by atoms with van der Waals surface area (Å²) in [5.74, 6) is 2.83. The van der Waals surface area contributed by atoms with Crippen molar-refractivity contribution in [1.82, 2.24) is 10.2 Å². The molecule has 0 amide bonds. The maximum absolute atomic E-state index is 5.68. The standard InChI is InChI=1S/C18H18N2O3S/c1-13-6-8-15(9-7-13)22-10-11-24-18-20-19-17(23-18)14-4-3-5-16(12-14)21-2/h3-9,12H,10-11H2,1-2H3. The largest absolute Gasteiger partial charge is 0.497 e. The topological polar surface area (TPSA) is 57.4 Å². The maximum Gasteiger partial charge on any atom is 0.276 e. The van der Waals surface area contributed by atoms with E-state index in [-0.39, 0.29) is 0 Å². The van der Waals surface area contributed by atoms with Crippen molar-refractivity contribution in [1.29, 1.82) is 0 Å². The predicted octanol–water partition coefficient (Wildman–Crippen LogP) is 4.22. The fourth-order valence-electron chi connectivity index (χ4n) is 2.06. The third-order valence-corrected chi connectivity index (χ3v) is 4.10. The van der Waals surface area contributed by atoms with Crippen molar-refractivity contribution in [3.05, 3.63) is 54.1 Å². The van der Waals surface area contributed by atoms with Crippen molar-refractivity contribution in [3.8, 4) is 23.0 Å². The normalized spacial score (nSPS) is 10.6. The molecule has 0 unspecified atom stereocenters. The summed E-state index contributed by atoms with van der Waals surface area (Å²) < 4.78 is 16.5. The van der Waals surface area contributed by atoms with Crippen molar-refractivity contribution in [3.63, 3.8) is 0 Å². The van der Waals surface area contributed by atoms with Gasteiger partial charge in [0, 0.05) is 11.3 Å². The molecule has 0 aliphatic rings. The second-order valence-electron chi connectivity index (χ2n) is 5.12. The van der Waals surface area contributed by atoms with E-state index >= 15 is 0 Å². The Labute approximate surface area is 145 Å². The Hall–Kier alpha value is -2.47. The van der Waals surface area contributed by atoms with Gasteiger partial charge in [0.2, 0.25) is 5.89 Å². The lowest BCUT2D eigenvalue weighted by Gasteiger charge is -2.04. The molecular formula is C18H18N2O3S. The highest BCUT2D eigenvalue weighted by Crippen LogP contribution is 2.25. The molecule has 0 bridgehead atoms. The summed E-state index contributed by atoms with van der Waals surface area (Å²) in [6.07, 6.45) is 0. The summed E-state index contributed by atoms with van der Waals surface area (Å²) in [7, 11) is 1.63. The minimum Gasteiger partial charge on any atom is -0.497 e. The van der Waals surface area contributed by atoms with Crippen LogP contribution < -0.4 is 9.47 Å². The summed E-state index contributed by atoms with van der Waals surface area (Å²) >= 11 is 1.47. The highest BCUT2D eigenvalue weighted by atomic mass is 32.2. The van der Waals surface area contributed by atoms with Gasteiger partial charge in [-0.15, -0.1) is 10.2 Å². The molecule has 124 valence electrons. The van der Waals surface area contributed by atoms with Crippen LogP contribution in [0.3, 0.4) is 0 Å². The molecule has 2 aromatic carbocycles. The molecule has 0 atom stereocenters. The molecule has 5 nitrogen and oxygen atoms in total. The van der Waals surface area contributed by atoms with Gasteiger partial charge in [0.1, 0.15) is 11.5 Å². The number of aromatic nitrogens is 2. The second kappa shape index (κ2) is 7.88. The Morgan fingerprint density at radius 2 is 1.88 bits per heavy atom. The first kappa shape index (κ1) is 16.4. The first-order valence-electron chi connectivity index (χ1n) is 7.55. The van der Waals surface area contributed by atoms with Crippen LogP contribution in [0.5, 0.6) is 11.5 Å². The number of nitrogens with zero attached hydrogens (tertiary/aromatic N) is 2. The number of hydrogen-bond donors (Lipinski definition) is 0. The van der Waals surface area contributed by atoms with Gasteiger partial charge in [-0.3, -0.25) is 0 Å². The minimum atomic E-state index is 0.482. The molecule has 0 saturated heterocycles. The van der Waals surface area contributed by atoms with Crippen LogP contribution in [0.25, 0.3) is 11.5 Å². The molecule has 1 heterocycles. The van der Waals surface area contributed by atoms with Crippen molar-refractivity contribution < 1.29 is 13.9 Å². The summed E-state index contributed by atoms with van der Waals surface area (Å²) in [6.45, 7) is 2.62. The number of aryl methyl sites for hydroxylation is 1. The van der Waals surface area contributed by atoms with E-state index in [1.165, 1.54) is 17.3 Å². The van der Waals surface area contributed by atoms with Gasteiger partial charge in [0.25, 0.3) is 5.22 Å². The number of rotatable bonds is 7. The van der Waals surface area contributed by atoms with E-state index in [0.717, 1.165) is 22.8 Å². The number of thioether (sulfide) groups is 1. The Bertz CT molecular complexity index is 787.